The van der Waals surface area contributed by atoms with Crippen LogP contribution in [0, 0.1) is 0 Å². The second-order valence-corrected chi connectivity index (χ2v) is 9.69. The summed E-state index contributed by atoms with van der Waals surface area (Å²) in [6.07, 6.45) is 1.59. The number of aromatic nitrogens is 1. The Balaban J connectivity index is 1.85. The molecule has 0 bridgehead atoms. The summed E-state index contributed by atoms with van der Waals surface area (Å²) in [4.78, 5) is 31.9. The Morgan fingerprint density at radius 2 is 1.76 bits per heavy atom. The highest BCUT2D eigenvalue weighted by molar-refractivity contribution is 7.14. The molecular formula is C26H26N2O4S. The fourth-order valence-corrected chi connectivity index (χ4v) is 4.54. The lowest BCUT2D eigenvalue weighted by atomic mass is 9.85. The number of carbonyl (C=O) groups is 2. The van der Waals surface area contributed by atoms with Gasteiger partial charge >= 0.3 is 5.91 Å². The van der Waals surface area contributed by atoms with Crippen molar-refractivity contribution in [2.45, 2.75) is 39.2 Å². The van der Waals surface area contributed by atoms with Crippen molar-refractivity contribution in [1.82, 2.24) is 4.98 Å². The molecule has 4 rings (SSSR count). The molecule has 1 atom stereocenters. The third-order valence-corrected chi connectivity index (χ3v) is 6.37. The Kier molecular flexibility index (Phi) is 6.08. The Bertz CT molecular complexity index is 1190. The van der Waals surface area contributed by atoms with E-state index in [0.29, 0.717) is 23.1 Å². The first kappa shape index (κ1) is 22.7. The predicted octanol–water partition coefficient (Wildman–Crippen LogP) is 5.47. The summed E-state index contributed by atoms with van der Waals surface area (Å²) in [7, 11) is 0. The van der Waals surface area contributed by atoms with Gasteiger partial charge in [-0.15, -0.1) is 11.3 Å². The van der Waals surface area contributed by atoms with Gasteiger partial charge < -0.3 is 9.84 Å². The first-order chi connectivity index (χ1) is 15.7. The molecule has 33 heavy (non-hydrogen) atoms. The zero-order valence-corrected chi connectivity index (χ0v) is 19.8. The van der Waals surface area contributed by atoms with Gasteiger partial charge in [0.15, 0.2) is 5.13 Å². The minimum absolute atomic E-state index is 0.0437. The van der Waals surface area contributed by atoms with Crippen LogP contribution in [-0.4, -0.2) is 28.4 Å². The molecule has 6 nitrogen and oxygen atoms in total. The normalized spacial score (nSPS) is 18.1. The molecule has 0 aliphatic carbocycles. The van der Waals surface area contributed by atoms with E-state index in [2.05, 4.69) is 25.8 Å². The first-order valence-electron chi connectivity index (χ1n) is 10.8. The quantitative estimate of drug-likeness (QED) is 0.309. The highest BCUT2D eigenvalue weighted by Gasteiger charge is 2.48. The third-order valence-electron chi connectivity index (χ3n) is 5.60. The molecule has 1 aliphatic rings. The fraction of sp³-hybridized carbons (Fsp3) is 0.269. The summed E-state index contributed by atoms with van der Waals surface area (Å²) >= 11 is 1.27. The van der Waals surface area contributed by atoms with Gasteiger partial charge in [0.05, 0.1) is 18.2 Å². The largest absolute Gasteiger partial charge is 0.507 e. The number of ketones is 1. The van der Waals surface area contributed by atoms with Crippen LogP contribution in [0.1, 0.15) is 50.4 Å². The topological polar surface area (TPSA) is 79.7 Å². The fourth-order valence-electron chi connectivity index (χ4n) is 3.88. The van der Waals surface area contributed by atoms with E-state index in [9.17, 15) is 14.7 Å². The lowest BCUT2D eigenvalue weighted by molar-refractivity contribution is -0.132. The first-order valence-corrected chi connectivity index (χ1v) is 11.6. The number of Topliss-reactive ketones (excluding diaryl/α,β-unsaturated/α-hetero) is 1. The maximum atomic E-state index is 13.1. The van der Waals surface area contributed by atoms with Gasteiger partial charge in [-0.05, 0) is 47.7 Å². The molecule has 1 saturated heterocycles. The third kappa shape index (κ3) is 4.28. The molecule has 7 heteroatoms. The van der Waals surface area contributed by atoms with Gasteiger partial charge in [0.1, 0.15) is 11.5 Å². The van der Waals surface area contributed by atoms with Crippen molar-refractivity contribution in [2.75, 3.05) is 11.5 Å². The van der Waals surface area contributed by atoms with Gasteiger partial charge in [-0.25, -0.2) is 4.98 Å². The van der Waals surface area contributed by atoms with Crippen molar-refractivity contribution in [1.29, 1.82) is 0 Å². The summed E-state index contributed by atoms with van der Waals surface area (Å²) in [6, 6.07) is 13.8. The average molecular weight is 463 g/mol. The van der Waals surface area contributed by atoms with Crippen molar-refractivity contribution in [3.8, 4) is 5.75 Å². The number of hydrogen-bond donors (Lipinski definition) is 1. The van der Waals surface area contributed by atoms with Crippen LogP contribution in [0.25, 0.3) is 5.76 Å². The molecule has 1 amide bonds. The van der Waals surface area contributed by atoms with Crippen molar-refractivity contribution in [3.05, 3.63) is 82.4 Å². The number of aliphatic hydroxyl groups excluding tert-OH is 1. The minimum Gasteiger partial charge on any atom is -0.507 e. The Morgan fingerprint density at radius 1 is 1.09 bits per heavy atom. The monoisotopic (exact) mass is 462 g/mol. The lowest BCUT2D eigenvalue weighted by Crippen LogP contribution is -2.29. The van der Waals surface area contributed by atoms with Gasteiger partial charge in [0.25, 0.3) is 5.78 Å². The molecule has 2 aromatic carbocycles. The summed E-state index contributed by atoms with van der Waals surface area (Å²) in [5.41, 5.74) is 2.29. The molecule has 1 aliphatic heterocycles. The Labute approximate surface area is 197 Å². The van der Waals surface area contributed by atoms with Crippen LogP contribution in [0.4, 0.5) is 5.13 Å². The van der Waals surface area contributed by atoms with Gasteiger partial charge in [-0.3, -0.25) is 14.5 Å². The molecule has 1 unspecified atom stereocenters. The molecule has 3 aromatic rings. The van der Waals surface area contributed by atoms with Gasteiger partial charge in [-0.2, -0.15) is 0 Å². The van der Waals surface area contributed by atoms with E-state index in [1.54, 1.807) is 35.8 Å². The zero-order valence-electron chi connectivity index (χ0n) is 19.0. The van der Waals surface area contributed by atoms with Crippen LogP contribution in [0.3, 0.4) is 0 Å². The summed E-state index contributed by atoms with van der Waals surface area (Å²) < 4.78 is 5.47. The number of amides is 1. The Hall–Kier alpha value is -3.45. The number of benzene rings is 2. The highest BCUT2D eigenvalue weighted by atomic mass is 32.1. The standard InChI is InChI=1S/C26H26N2O4S/c1-5-32-19-12-8-17(9-13-19)22(29)20-21(16-6-10-18(11-7-16)26(2,3)4)28(24(31)23(20)30)25-27-14-15-33-25/h6-15,21,29H,5H2,1-4H3. The van der Waals surface area contributed by atoms with Crippen molar-refractivity contribution in [3.63, 3.8) is 0 Å². The van der Waals surface area contributed by atoms with Crippen molar-refractivity contribution in [2.24, 2.45) is 0 Å². The number of hydrogen-bond acceptors (Lipinski definition) is 6. The predicted molar refractivity (Wildman–Crippen MR) is 130 cm³/mol. The van der Waals surface area contributed by atoms with E-state index >= 15 is 0 Å². The number of ether oxygens (including phenoxy) is 1. The molecule has 2 heterocycles. The SMILES string of the molecule is CCOc1ccc(C(O)=C2C(=O)C(=O)N(c3nccs3)C2c2ccc(C(C)(C)C)cc2)cc1. The second-order valence-electron chi connectivity index (χ2n) is 8.81. The van der Waals surface area contributed by atoms with Crippen molar-refractivity contribution < 1.29 is 19.4 Å². The molecule has 0 saturated carbocycles. The molecule has 170 valence electrons. The molecule has 1 N–H and O–H groups in total. The van der Waals surface area contributed by atoms with Crippen LogP contribution in [0.5, 0.6) is 5.75 Å². The van der Waals surface area contributed by atoms with Crippen LogP contribution in [0.15, 0.2) is 65.7 Å². The van der Waals surface area contributed by atoms with Crippen LogP contribution < -0.4 is 9.64 Å². The summed E-state index contributed by atoms with van der Waals surface area (Å²) in [5.74, 6) is -1.00. The maximum absolute atomic E-state index is 13.1. The number of thiazole rings is 1. The second kappa shape index (κ2) is 8.83. The van der Waals surface area contributed by atoms with Crippen LogP contribution >= 0.6 is 11.3 Å². The molecule has 0 radical (unpaired) electrons. The van der Waals surface area contributed by atoms with Crippen molar-refractivity contribution >= 4 is 33.9 Å². The number of nitrogens with zero attached hydrogens (tertiary/aromatic N) is 2. The van der Waals surface area contributed by atoms with Gasteiger partial charge in [0, 0.05) is 17.1 Å². The van der Waals surface area contributed by atoms with E-state index in [-0.39, 0.29) is 16.7 Å². The molecular weight excluding hydrogens is 436 g/mol. The average Bonchev–Trinajstić information content (AvgIpc) is 3.40. The highest BCUT2D eigenvalue weighted by Crippen LogP contribution is 2.43. The van der Waals surface area contributed by atoms with E-state index < -0.39 is 17.7 Å². The summed E-state index contributed by atoms with van der Waals surface area (Å²) in [6.45, 7) is 8.77. The van der Waals surface area contributed by atoms with Gasteiger partial charge in [0.2, 0.25) is 0 Å². The zero-order chi connectivity index (χ0) is 23.8. The maximum Gasteiger partial charge on any atom is 0.301 e. The van der Waals surface area contributed by atoms with Crippen LogP contribution in [0.2, 0.25) is 0 Å². The van der Waals surface area contributed by atoms with E-state index in [0.717, 1.165) is 11.1 Å². The molecule has 0 spiro atoms. The number of carbonyl (C=O) groups excluding carboxylic acids is 2. The lowest BCUT2D eigenvalue weighted by Gasteiger charge is -2.24. The van der Waals surface area contributed by atoms with E-state index in [4.69, 9.17) is 4.74 Å². The van der Waals surface area contributed by atoms with E-state index in [1.165, 1.54) is 16.2 Å². The van der Waals surface area contributed by atoms with Gasteiger partial charge in [-0.1, -0.05) is 45.0 Å². The van der Waals surface area contributed by atoms with E-state index in [1.807, 2.05) is 31.2 Å². The number of anilines is 1. The number of aliphatic hydroxyl groups is 1. The summed E-state index contributed by atoms with van der Waals surface area (Å²) in [5, 5.41) is 13.3. The molecule has 1 aromatic heterocycles. The smallest absolute Gasteiger partial charge is 0.301 e. The van der Waals surface area contributed by atoms with Crippen LogP contribution in [-0.2, 0) is 15.0 Å². The molecule has 1 fully saturated rings. The minimum atomic E-state index is -0.781. The number of rotatable bonds is 5. The Morgan fingerprint density at radius 3 is 2.30 bits per heavy atom.